The first kappa shape index (κ1) is 23.8. The Morgan fingerprint density at radius 2 is 1.81 bits per heavy atom. The van der Waals surface area contributed by atoms with Gasteiger partial charge in [0.15, 0.2) is 11.5 Å². The number of Topliss-reactive ketones (excluding diaryl/α,β-unsaturated/α-hetero) is 1. The van der Waals surface area contributed by atoms with Crippen molar-refractivity contribution in [1.29, 1.82) is 0 Å². The van der Waals surface area contributed by atoms with Crippen LogP contribution in [0.25, 0.3) is 0 Å². The molecule has 1 saturated carbocycles. The maximum atomic E-state index is 13.1. The minimum Gasteiger partial charge on any atom is -0.488 e. The Morgan fingerprint density at radius 1 is 1.09 bits per heavy atom. The maximum absolute atomic E-state index is 13.1. The van der Waals surface area contributed by atoms with E-state index in [1.54, 1.807) is 6.07 Å². The molecule has 1 heterocycles. The molecule has 0 spiro atoms. The number of carbonyl (C=O) groups excluding carboxylic acids is 1. The van der Waals surface area contributed by atoms with Gasteiger partial charge in [-0.2, -0.15) is 0 Å². The van der Waals surface area contributed by atoms with Crippen molar-refractivity contribution >= 4 is 11.8 Å². The Labute approximate surface area is 190 Å². The highest BCUT2D eigenvalue weighted by atomic mass is 16.5. The summed E-state index contributed by atoms with van der Waals surface area (Å²) in [6.07, 6.45) is 8.08. The minimum absolute atomic E-state index is 0.0148. The van der Waals surface area contributed by atoms with Crippen LogP contribution < -0.4 is 9.47 Å². The third kappa shape index (κ3) is 6.09. The van der Waals surface area contributed by atoms with Gasteiger partial charge >= 0.3 is 5.97 Å². The first-order valence-electron chi connectivity index (χ1n) is 11.4. The molecule has 0 bridgehead atoms. The molecule has 6 nitrogen and oxygen atoms in total. The monoisotopic (exact) mass is 439 g/mol. The van der Waals surface area contributed by atoms with E-state index in [1.165, 1.54) is 18.9 Å². The first-order valence-corrected chi connectivity index (χ1v) is 11.4. The molecule has 0 unspecified atom stereocenters. The summed E-state index contributed by atoms with van der Waals surface area (Å²) in [5.74, 6) is -0.381. The summed E-state index contributed by atoms with van der Waals surface area (Å²) in [6.45, 7) is 2.46. The van der Waals surface area contributed by atoms with Crippen LogP contribution in [0.1, 0.15) is 72.9 Å². The van der Waals surface area contributed by atoms with Crippen molar-refractivity contribution in [1.82, 2.24) is 4.98 Å². The summed E-state index contributed by atoms with van der Waals surface area (Å²) in [5.41, 5.74) is 1.72. The molecule has 1 aliphatic carbocycles. The molecule has 0 radical (unpaired) electrons. The van der Waals surface area contributed by atoms with Crippen LogP contribution >= 0.6 is 0 Å². The van der Waals surface area contributed by atoms with Crippen LogP contribution in [0.15, 0.2) is 36.5 Å². The molecule has 172 valence electrons. The van der Waals surface area contributed by atoms with Gasteiger partial charge in [-0.25, -0.2) is 4.98 Å². The Kier molecular flexibility index (Phi) is 8.26. The molecule has 32 heavy (non-hydrogen) atoms. The Morgan fingerprint density at radius 3 is 2.47 bits per heavy atom. The largest absolute Gasteiger partial charge is 0.488 e. The van der Waals surface area contributed by atoms with Gasteiger partial charge in [0.2, 0.25) is 0 Å². The van der Waals surface area contributed by atoms with Crippen molar-refractivity contribution in [2.45, 2.75) is 64.7 Å². The predicted octanol–water partition coefficient (Wildman–Crippen LogP) is 5.41. The van der Waals surface area contributed by atoms with Crippen LogP contribution in [-0.4, -0.2) is 35.6 Å². The minimum atomic E-state index is -0.996. The molecular weight excluding hydrogens is 406 g/mol. The van der Waals surface area contributed by atoms with E-state index in [2.05, 4.69) is 11.1 Å². The number of carboxylic acids is 1. The number of ketones is 1. The lowest BCUT2D eigenvalue weighted by Gasteiger charge is -2.30. The number of aromatic nitrogens is 1. The number of ether oxygens (including phenoxy) is 2. The van der Waals surface area contributed by atoms with Crippen LogP contribution in [0.5, 0.6) is 11.6 Å². The van der Waals surface area contributed by atoms with Gasteiger partial charge in [-0.15, -0.1) is 0 Å². The molecule has 1 aliphatic rings. The number of hydrogen-bond donors (Lipinski definition) is 1. The highest BCUT2D eigenvalue weighted by Crippen LogP contribution is 2.39. The Hall–Kier alpha value is -2.89. The fourth-order valence-electron chi connectivity index (χ4n) is 4.45. The number of aliphatic carboxylic acids is 1. The number of carbonyl (C=O) groups is 2. The number of carboxylic acid groups (broad SMARTS) is 1. The average molecular weight is 440 g/mol. The summed E-state index contributed by atoms with van der Waals surface area (Å²) in [5, 5.41) is 9.97. The fourth-order valence-corrected chi connectivity index (χ4v) is 4.45. The zero-order valence-corrected chi connectivity index (χ0v) is 19.1. The van der Waals surface area contributed by atoms with Crippen molar-refractivity contribution in [3.63, 3.8) is 0 Å². The number of rotatable bonds is 9. The molecule has 1 aromatic carbocycles. The van der Waals surface area contributed by atoms with Gasteiger partial charge in [0, 0.05) is 24.6 Å². The number of aryl methyl sites for hydroxylation is 1. The Bertz CT molecular complexity index is 932. The van der Waals surface area contributed by atoms with E-state index in [4.69, 9.17) is 9.47 Å². The van der Waals surface area contributed by atoms with Gasteiger partial charge in [0.25, 0.3) is 5.88 Å². The lowest BCUT2D eigenvalue weighted by Crippen LogP contribution is -2.34. The summed E-state index contributed by atoms with van der Waals surface area (Å²) in [6, 6.07) is 9.85. The van der Waals surface area contributed by atoms with Crippen LogP contribution in [0.4, 0.5) is 0 Å². The molecule has 0 atom stereocenters. The van der Waals surface area contributed by atoms with Crippen molar-refractivity contribution in [3.8, 4) is 11.6 Å². The number of pyridine rings is 1. The first-order chi connectivity index (χ1) is 15.4. The van der Waals surface area contributed by atoms with Crippen molar-refractivity contribution < 1.29 is 24.2 Å². The zero-order chi connectivity index (χ0) is 23.0. The molecule has 1 fully saturated rings. The quantitative estimate of drug-likeness (QED) is 0.526. The number of benzene rings is 1. The standard InChI is InChI=1S/C26H33NO5/c1-19-9-8-10-20(15-19)11-14-32-23-16-21(18-27-24(23)31-2)22(28)17-26(25(29)30)12-6-4-3-5-7-13-26/h8-10,15-16,18H,3-7,11-14,17H2,1-2H3,(H,29,30). The molecule has 0 aliphatic heterocycles. The summed E-state index contributed by atoms with van der Waals surface area (Å²) < 4.78 is 11.2. The third-order valence-electron chi connectivity index (χ3n) is 6.33. The van der Waals surface area contributed by atoms with E-state index < -0.39 is 11.4 Å². The molecule has 0 amide bonds. The molecule has 0 saturated heterocycles. The van der Waals surface area contributed by atoms with E-state index in [1.807, 2.05) is 25.1 Å². The molecule has 1 aromatic heterocycles. The van der Waals surface area contributed by atoms with Gasteiger partial charge in [-0.3, -0.25) is 9.59 Å². The van der Waals surface area contributed by atoms with Crippen LogP contribution in [-0.2, 0) is 11.2 Å². The second-order valence-electron chi connectivity index (χ2n) is 8.77. The van der Waals surface area contributed by atoms with Crippen LogP contribution in [0, 0.1) is 12.3 Å². The van der Waals surface area contributed by atoms with E-state index in [-0.39, 0.29) is 12.2 Å². The van der Waals surface area contributed by atoms with Gasteiger partial charge in [0.05, 0.1) is 19.1 Å². The highest BCUT2D eigenvalue weighted by Gasteiger charge is 2.40. The van der Waals surface area contributed by atoms with E-state index in [9.17, 15) is 14.7 Å². The Balaban J connectivity index is 1.72. The number of hydrogen-bond acceptors (Lipinski definition) is 5. The number of methoxy groups -OCH3 is 1. The summed E-state index contributed by atoms with van der Waals surface area (Å²) in [4.78, 5) is 29.5. The highest BCUT2D eigenvalue weighted by molar-refractivity contribution is 5.99. The molecule has 2 aromatic rings. The smallest absolute Gasteiger partial charge is 0.310 e. The third-order valence-corrected chi connectivity index (χ3v) is 6.33. The normalized spacial score (nSPS) is 15.9. The van der Waals surface area contributed by atoms with E-state index in [0.717, 1.165) is 37.7 Å². The molecule has 6 heteroatoms. The van der Waals surface area contributed by atoms with Gasteiger partial charge in [0.1, 0.15) is 0 Å². The van der Waals surface area contributed by atoms with Crippen molar-refractivity contribution in [2.75, 3.05) is 13.7 Å². The molecular formula is C26H33NO5. The zero-order valence-electron chi connectivity index (χ0n) is 19.1. The lowest BCUT2D eigenvalue weighted by atomic mass is 9.72. The van der Waals surface area contributed by atoms with Gasteiger partial charge in [-0.1, -0.05) is 61.9 Å². The summed E-state index contributed by atoms with van der Waals surface area (Å²) in [7, 11) is 1.51. The van der Waals surface area contributed by atoms with Gasteiger partial charge in [-0.05, 0) is 31.4 Å². The van der Waals surface area contributed by atoms with Crippen LogP contribution in [0.3, 0.4) is 0 Å². The molecule has 3 rings (SSSR count). The van der Waals surface area contributed by atoms with Gasteiger partial charge < -0.3 is 14.6 Å². The average Bonchev–Trinajstić information content (AvgIpc) is 2.75. The van der Waals surface area contributed by atoms with Crippen molar-refractivity contribution in [3.05, 3.63) is 53.2 Å². The predicted molar refractivity (Wildman–Crippen MR) is 123 cm³/mol. The topological polar surface area (TPSA) is 85.7 Å². The van der Waals surface area contributed by atoms with Crippen molar-refractivity contribution in [2.24, 2.45) is 5.41 Å². The molecule has 1 N–H and O–H groups in total. The van der Waals surface area contributed by atoms with E-state index >= 15 is 0 Å². The van der Waals surface area contributed by atoms with Crippen LogP contribution in [0.2, 0.25) is 0 Å². The fraction of sp³-hybridized carbons (Fsp3) is 0.500. The second-order valence-corrected chi connectivity index (χ2v) is 8.77. The lowest BCUT2D eigenvalue weighted by molar-refractivity contribution is -0.150. The maximum Gasteiger partial charge on any atom is 0.310 e. The van der Waals surface area contributed by atoms with E-state index in [0.29, 0.717) is 43.1 Å². The second kappa shape index (κ2) is 11.1. The number of nitrogens with zero attached hydrogens (tertiary/aromatic N) is 1. The summed E-state index contributed by atoms with van der Waals surface area (Å²) >= 11 is 0. The SMILES string of the molecule is COc1ncc(C(=O)CC2(C(=O)O)CCCCCCC2)cc1OCCc1cccc(C)c1.